The Labute approximate surface area is 124 Å². The Balaban J connectivity index is 1.68. The van der Waals surface area contributed by atoms with Gasteiger partial charge in [0.1, 0.15) is 0 Å². The Morgan fingerprint density at radius 3 is 3.10 bits per heavy atom. The molecule has 0 saturated carbocycles. The van der Waals surface area contributed by atoms with E-state index in [-0.39, 0.29) is 0 Å². The average Bonchev–Trinajstić information content (AvgIpc) is 3.11. The molecule has 0 spiro atoms. The van der Waals surface area contributed by atoms with E-state index in [4.69, 9.17) is 0 Å². The molecule has 1 unspecified atom stereocenters. The SMILES string of the molecule is CCc1nc(CNC2CCCc3c2cnn3CC)cs1. The standard InChI is InChI=1S/C15H22N4S/c1-3-15-18-11(10-20-15)8-16-13-6-5-7-14-12(13)9-17-19(14)4-2/h9-10,13,16H,3-8H2,1-2H3. The van der Waals surface area contributed by atoms with Crippen LogP contribution in [-0.4, -0.2) is 14.8 Å². The molecule has 1 N–H and O–H groups in total. The first-order chi connectivity index (χ1) is 9.81. The lowest BCUT2D eigenvalue weighted by atomic mass is 9.93. The van der Waals surface area contributed by atoms with Crippen molar-refractivity contribution < 1.29 is 0 Å². The van der Waals surface area contributed by atoms with Crippen LogP contribution < -0.4 is 5.32 Å². The highest BCUT2D eigenvalue weighted by atomic mass is 32.1. The minimum Gasteiger partial charge on any atom is -0.304 e. The summed E-state index contributed by atoms with van der Waals surface area (Å²) in [5.74, 6) is 0. The van der Waals surface area contributed by atoms with E-state index >= 15 is 0 Å². The van der Waals surface area contributed by atoms with E-state index in [1.165, 1.54) is 34.8 Å². The molecule has 3 rings (SSSR count). The van der Waals surface area contributed by atoms with Crippen molar-refractivity contribution in [3.8, 4) is 0 Å². The van der Waals surface area contributed by atoms with Crippen LogP contribution in [-0.2, 0) is 25.9 Å². The molecule has 0 bridgehead atoms. The molecule has 0 aromatic carbocycles. The normalized spacial score (nSPS) is 18.2. The van der Waals surface area contributed by atoms with Crippen LogP contribution in [0.25, 0.3) is 0 Å². The molecule has 4 nitrogen and oxygen atoms in total. The van der Waals surface area contributed by atoms with Gasteiger partial charge in [-0.05, 0) is 32.6 Å². The minimum absolute atomic E-state index is 0.436. The van der Waals surface area contributed by atoms with Gasteiger partial charge in [-0.3, -0.25) is 4.68 Å². The van der Waals surface area contributed by atoms with Crippen molar-refractivity contribution in [2.24, 2.45) is 0 Å². The zero-order valence-electron chi connectivity index (χ0n) is 12.2. The number of hydrogen-bond donors (Lipinski definition) is 1. The monoisotopic (exact) mass is 290 g/mol. The summed E-state index contributed by atoms with van der Waals surface area (Å²) in [7, 11) is 0. The molecule has 2 heterocycles. The van der Waals surface area contributed by atoms with Crippen molar-refractivity contribution in [3.05, 3.63) is 33.5 Å². The number of thiazole rings is 1. The van der Waals surface area contributed by atoms with Crippen LogP contribution in [0.15, 0.2) is 11.6 Å². The molecule has 2 aromatic rings. The van der Waals surface area contributed by atoms with E-state index < -0.39 is 0 Å². The van der Waals surface area contributed by atoms with E-state index in [2.05, 4.69) is 39.3 Å². The summed E-state index contributed by atoms with van der Waals surface area (Å²) in [6.07, 6.45) is 6.69. The number of fused-ring (bicyclic) bond motifs is 1. The summed E-state index contributed by atoms with van der Waals surface area (Å²) in [6.45, 7) is 6.14. The second kappa shape index (κ2) is 6.06. The Morgan fingerprint density at radius 1 is 1.45 bits per heavy atom. The van der Waals surface area contributed by atoms with Gasteiger partial charge in [-0.15, -0.1) is 11.3 Å². The second-order valence-electron chi connectivity index (χ2n) is 5.27. The van der Waals surface area contributed by atoms with Gasteiger partial charge in [-0.25, -0.2) is 4.98 Å². The zero-order chi connectivity index (χ0) is 13.9. The van der Waals surface area contributed by atoms with Crippen molar-refractivity contribution in [1.29, 1.82) is 0 Å². The van der Waals surface area contributed by atoms with Crippen molar-refractivity contribution in [2.75, 3.05) is 0 Å². The molecule has 20 heavy (non-hydrogen) atoms. The molecular weight excluding hydrogens is 268 g/mol. The van der Waals surface area contributed by atoms with Crippen molar-refractivity contribution in [1.82, 2.24) is 20.1 Å². The molecule has 5 heteroatoms. The molecule has 0 saturated heterocycles. The highest BCUT2D eigenvalue weighted by Crippen LogP contribution is 2.29. The highest BCUT2D eigenvalue weighted by molar-refractivity contribution is 7.09. The summed E-state index contributed by atoms with van der Waals surface area (Å²) in [5.41, 5.74) is 3.98. The fraction of sp³-hybridized carbons (Fsp3) is 0.600. The molecule has 0 aliphatic heterocycles. The van der Waals surface area contributed by atoms with Crippen molar-refractivity contribution in [3.63, 3.8) is 0 Å². The van der Waals surface area contributed by atoms with Gasteiger partial charge in [0.05, 0.1) is 16.9 Å². The van der Waals surface area contributed by atoms with Crippen LogP contribution in [0.3, 0.4) is 0 Å². The first-order valence-electron chi connectivity index (χ1n) is 7.53. The third-order valence-electron chi connectivity index (χ3n) is 3.99. The Kier molecular flexibility index (Phi) is 4.17. The van der Waals surface area contributed by atoms with Crippen LogP contribution in [0.2, 0.25) is 0 Å². The van der Waals surface area contributed by atoms with Crippen LogP contribution in [0.4, 0.5) is 0 Å². The van der Waals surface area contributed by atoms with E-state index in [1.807, 2.05) is 6.20 Å². The van der Waals surface area contributed by atoms with Gasteiger partial charge >= 0.3 is 0 Å². The van der Waals surface area contributed by atoms with Gasteiger partial charge in [0, 0.05) is 35.8 Å². The van der Waals surface area contributed by atoms with Gasteiger partial charge in [0.25, 0.3) is 0 Å². The maximum absolute atomic E-state index is 4.63. The van der Waals surface area contributed by atoms with Gasteiger partial charge in [0.15, 0.2) is 0 Å². The number of nitrogens with zero attached hydrogens (tertiary/aromatic N) is 3. The summed E-state index contributed by atoms with van der Waals surface area (Å²) in [4.78, 5) is 4.63. The molecule has 1 aliphatic carbocycles. The molecule has 0 radical (unpaired) electrons. The lowest BCUT2D eigenvalue weighted by Crippen LogP contribution is -2.25. The third-order valence-corrected chi connectivity index (χ3v) is 5.04. The first-order valence-corrected chi connectivity index (χ1v) is 8.41. The fourth-order valence-corrected chi connectivity index (χ4v) is 3.67. The second-order valence-corrected chi connectivity index (χ2v) is 6.22. The first kappa shape index (κ1) is 13.8. The van der Waals surface area contributed by atoms with Crippen LogP contribution in [0.1, 0.15) is 54.7 Å². The van der Waals surface area contributed by atoms with Crippen LogP contribution in [0, 0.1) is 0 Å². The van der Waals surface area contributed by atoms with E-state index in [1.54, 1.807) is 11.3 Å². The molecular formula is C15H22N4S. The summed E-state index contributed by atoms with van der Waals surface area (Å²) >= 11 is 1.76. The Bertz CT molecular complexity index is 572. The van der Waals surface area contributed by atoms with E-state index in [0.717, 1.165) is 25.9 Å². The predicted molar refractivity (Wildman–Crippen MR) is 81.9 cm³/mol. The lowest BCUT2D eigenvalue weighted by molar-refractivity contribution is 0.446. The fourth-order valence-electron chi connectivity index (χ4n) is 2.92. The third kappa shape index (κ3) is 2.65. The summed E-state index contributed by atoms with van der Waals surface area (Å²) in [6, 6.07) is 0.436. The maximum atomic E-state index is 4.63. The van der Waals surface area contributed by atoms with Crippen molar-refractivity contribution in [2.45, 2.75) is 58.7 Å². The van der Waals surface area contributed by atoms with E-state index in [9.17, 15) is 0 Å². The lowest BCUT2D eigenvalue weighted by Gasteiger charge is -2.23. The average molecular weight is 290 g/mol. The highest BCUT2D eigenvalue weighted by Gasteiger charge is 2.23. The molecule has 1 aliphatic rings. The van der Waals surface area contributed by atoms with Gasteiger partial charge < -0.3 is 5.32 Å². The predicted octanol–water partition coefficient (Wildman–Crippen LogP) is 3.09. The summed E-state index contributed by atoms with van der Waals surface area (Å²) in [5, 5.41) is 11.6. The molecule has 0 fully saturated rings. The maximum Gasteiger partial charge on any atom is 0.0926 e. The van der Waals surface area contributed by atoms with Gasteiger partial charge in [-0.2, -0.15) is 5.10 Å². The Hall–Kier alpha value is -1.20. The zero-order valence-corrected chi connectivity index (χ0v) is 13.0. The quantitative estimate of drug-likeness (QED) is 0.920. The number of rotatable bonds is 5. The molecule has 0 amide bonds. The van der Waals surface area contributed by atoms with Crippen LogP contribution >= 0.6 is 11.3 Å². The largest absolute Gasteiger partial charge is 0.304 e. The molecule has 2 aromatic heterocycles. The molecule has 108 valence electrons. The number of aryl methyl sites for hydroxylation is 2. The van der Waals surface area contributed by atoms with Gasteiger partial charge in [-0.1, -0.05) is 6.92 Å². The number of hydrogen-bond acceptors (Lipinski definition) is 4. The number of nitrogens with one attached hydrogen (secondary N) is 1. The van der Waals surface area contributed by atoms with Gasteiger partial charge in [0.2, 0.25) is 0 Å². The Morgan fingerprint density at radius 2 is 2.35 bits per heavy atom. The smallest absolute Gasteiger partial charge is 0.0926 e. The summed E-state index contributed by atoms with van der Waals surface area (Å²) < 4.78 is 2.14. The topological polar surface area (TPSA) is 42.7 Å². The number of aromatic nitrogens is 3. The molecule has 1 atom stereocenters. The van der Waals surface area contributed by atoms with E-state index in [0.29, 0.717) is 6.04 Å². The van der Waals surface area contributed by atoms with Crippen molar-refractivity contribution >= 4 is 11.3 Å². The van der Waals surface area contributed by atoms with Crippen LogP contribution in [0.5, 0.6) is 0 Å². The minimum atomic E-state index is 0.436.